The molecule has 1 N–H and O–H groups in total. The normalized spacial score (nSPS) is 26.6. The van der Waals surface area contributed by atoms with E-state index in [-0.39, 0.29) is 24.9 Å². The average Bonchev–Trinajstić information content (AvgIpc) is 2.93. The number of imide groups is 1. The average molecular weight is 282 g/mol. The molecule has 0 spiro atoms. The van der Waals surface area contributed by atoms with Gasteiger partial charge in [0.25, 0.3) is 0 Å². The molecule has 2 fully saturated rings. The van der Waals surface area contributed by atoms with Crippen LogP contribution in [0.5, 0.6) is 0 Å². The number of hydrogen-bond acceptors (Lipinski definition) is 4. The summed E-state index contributed by atoms with van der Waals surface area (Å²) in [5.74, 6) is 0.0301. The second kappa shape index (κ2) is 5.78. The third-order valence-corrected chi connectivity index (χ3v) is 4.14. The predicted molar refractivity (Wildman–Crippen MR) is 72.9 cm³/mol. The summed E-state index contributed by atoms with van der Waals surface area (Å²) in [5.41, 5.74) is 0. The van der Waals surface area contributed by atoms with Gasteiger partial charge < -0.3 is 14.7 Å². The van der Waals surface area contributed by atoms with Gasteiger partial charge >= 0.3 is 6.03 Å². The zero-order valence-electron chi connectivity index (χ0n) is 12.3. The van der Waals surface area contributed by atoms with Crippen LogP contribution in [0.1, 0.15) is 13.3 Å². The highest BCUT2D eigenvalue weighted by Crippen LogP contribution is 2.23. The van der Waals surface area contributed by atoms with Crippen molar-refractivity contribution < 1.29 is 14.4 Å². The van der Waals surface area contributed by atoms with Gasteiger partial charge in [0.2, 0.25) is 11.8 Å². The summed E-state index contributed by atoms with van der Waals surface area (Å²) in [6.45, 7) is 3.50. The molecular formula is C13H22N4O3. The summed E-state index contributed by atoms with van der Waals surface area (Å²) >= 11 is 0. The molecule has 0 radical (unpaired) electrons. The van der Waals surface area contributed by atoms with Crippen LogP contribution in [0.2, 0.25) is 0 Å². The summed E-state index contributed by atoms with van der Waals surface area (Å²) in [7, 11) is 4.04. The van der Waals surface area contributed by atoms with Crippen molar-refractivity contribution in [3.8, 4) is 0 Å². The number of nitrogens with zero attached hydrogens (tertiary/aromatic N) is 3. The number of likely N-dealkylation sites (N-methyl/N-ethyl adjacent to an activating group) is 1. The Morgan fingerprint density at radius 3 is 2.50 bits per heavy atom. The number of nitrogens with one attached hydrogen (secondary N) is 1. The van der Waals surface area contributed by atoms with Crippen LogP contribution in [0.4, 0.5) is 4.79 Å². The highest BCUT2D eigenvalue weighted by atomic mass is 16.2. The minimum Gasteiger partial charge on any atom is -0.339 e. The van der Waals surface area contributed by atoms with Gasteiger partial charge in [-0.25, -0.2) is 4.79 Å². The molecular weight excluding hydrogens is 260 g/mol. The predicted octanol–water partition coefficient (Wildman–Crippen LogP) is -0.663. The molecule has 0 aliphatic carbocycles. The van der Waals surface area contributed by atoms with Gasteiger partial charge in [0.1, 0.15) is 13.1 Å². The molecule has 2 heterocycles. The van der Waals surface area contributed by atoms with E-state index in [4.69, 9.17) is 0 Å². The summed E-state index contributed by atoms with van der Waals surface area (Å²) < 4.78 is 0. The Kier molecular flexibility index (Phi) is 4.27. The zero-order chi connectivity index (χ0) is 14.9. The molecule has 7 heteroatoms. The Morgan fingerprint density at radius 1 is 1.35 bits per heavy atom. The third-order valence-electron chi connectivity index (χ3n) is 4.14. The maximum Gasteiger partial charge on any atom is 0.325 e. The quantitative estimate of drug-likeness (QED) is 0.695. The number of hydrogen-bond donors (Lipinski definition) is 1. The molecule has 112 valence electrons. The molecule has 2 aliphatic rings. The molecule has 4 amide bonds. The Morgan fingerprint density at radius 2 is 2.05 bits per heavy atom. The fraction of sp³-hybridized carbons (Fsp3) is 0.769. The lowest BCUT2D eigenvalue weighted by Crippen LogP contribution is -2.42. The van der Waals surface area contributed by atoms with Gasteiger partial charge in [-0.1, -0.05) is 13.3 Å². The van der Waals surface area contributed by atoms with Crippen molar-refractivity contribution >= 4 is 17.8 Å². The lowest BCUT2D eigenvalue weighted by molar-refractivity contribution is -0.131. The second-order valence-electron chi connectivity index (χ2n) is 5.71. The number of rotatable bonds is 4. The molecule has 2 atom stereocenters. The standard InChI is InChI=1S/C13H22N4O3/c1-4-9-5-16(6-10(9)15(2)3)12(19)8-17-7-11(18)14-13(17)20/h9-10H,4-8H2,1-3H3,(H,14,18,20)/t9-,10+/m1/s1. The summed E-state index contributed by atoms with van der Waals surface area (Å²) in [6.07, 6.45) is 1.02. The first-order chi connectivity index (χ1) is 9.42. The molecule has 2 saturated heterocycles. The van der Waals surface area contributed by atoms with Gasteiger partial charge in [-0.15, -0.1) is 0 Å². The van der Waals surface area contributed by atoms with Crippen molar-refractivity contribution in [3.63, 3.8) is 0 Å². The van der Waals surface area contributed by atoms with Crippen LogP contribution >= 0.6 is 0 Å². The fourth-order valence-electron chi connectivity index (χ4n) is 2.92. The van der Waals surface area contributed by atoms with E-state index in [0.717, 1.165) is 13.0 Å². The Hall–Kier alpha value is -1.63. The van der Waals surface area contributed by atoms with Crippen molar-refractivity contribution in [2.75, 3.05) is 40.3 Å². The number of urea groups is 1. The van der Waals surface area contributed by atoms with Crippen molar-refractivity contribution in [1.82, 2.24) is 20.0 Å². The maximum atomic E-state index is 12.3. The van der Waals surface area contributed by atoms with E-state index < -0.39 is 6.03 Å². The fourth-order valence-corrected chi connectivity index (χ4v) is 2.92. The third kappa shape index (κ3) is 2.92. The Bertz CT molecular complexity index is 424. The van der Waals surface area contributed by atoms with Gasteiger partial charge in [0.15, 0.2) is 0 Å². The maximum absolute atomic E-state index is 12.3. The van der Waals surface area contributed by atoms with E-state index >= 15 is 0 Å². The van der Waals surface area contributed by atoms with Crippen LogP contribution in [0.3, 0.4) is 0 Å². The lowest BCUT2D eigenvalue weighted by atomic mass is 10.0. The van der Waals surface area contributed by atoms with Gasteiger partial charge in [-0.2, -0.15) is 0 Å². The van der Waals surface area contributed by atoms with Crippen LogP contribution < -0.4 is 5.32 Å². The highest BCUT2D eigenvalue weighted by molar-refractivity contribution is 6.03. The van der Waals surface area contributed by atoms with Crippen molar-refractivity contribution in [1.29, 1.82) is 0 Å². The molecule has 0 aromatic heterocycles. The Balaban J connectivity index is 1.94. The van der Waals surface area contributed by atoms with Crippen molar-refractivity contribution in [2.24, 2.45) is 5.92 Å². The van der Waals surface area contributed by atoms with E-state index in [1.54, 1.807) is 4.90 Å². The summed E-state index contributed by atoms with van der Waals surface area (Å²) in [5, 5.41) is 2.18. The first-order valence-corrected chi connectivity index (χ1v) is 6.95. The topological polar surface area (TPSA) is 73.0 Å². The summed E-state index contributed by atoms with van der Waals surface area (Å²) in [6, 6.07) is -0.114. The summed E-state index contributed by atoms with van der Waals surface area (Å²) in [4.78, 5) is 40.0. The zero-order valence-corrected chi connectivity index (χ0v) is 12.3. The highest BCUT2D eigenvalue weighted by Gasteiger charge is 2.37. The van der Waals surface area contributed by atoms with Crippen LogP contribution in [0, 0.1) is 5.92 Å². The minimum absolute atomic E-state index is 0.0197. The number of carbonyl (C=O) groups is 3. The SMILES string of the molecule is CC[C@@H]1CN(C(=O)CN2CC(=O)NC2=O)C[C@@H]1N(C)C. The number of amides is 4. The molecule has 0 bridgehead atoms. The molecule has 0 saturated carbocycles. The molecule has 2 aliphatic heterocycles. The van der Waals surface area contributed by atoms with Gasteiger partial charge in [-0.3, -0.25) is 14.9 Å². The van der Waals surface area contributed by atoms with Crippen LogP contribution in [-0.4, -0.2) is 78.9 Å². The van der Waals surface area contributed by atoms with Gasteiger partial charge in [0.05, 0.1) is 0 Å². The smallest absolute Gasteiger partial charge is 0.325 e. The van der Waals surface area contributed by atoms with Gasteiger partial charge in [-0.05, 0) is 20.0 Å². The first kappa shape index (κ1) is 14.8. The Labute approximate surface area is 118 Å². The van der Waals surface area contributed by atoms with Crippen LogP contribution in [0.25, 0.3) is 0 Å². The molecule has 7 nitrogen and oxygen atoms in total. The molecule has 0 aromatic rings. The van der Waals surface area contributed by atoms with E-state index in [9.17, 15) is 14.4 Å². The second-order valence-corrected chi connectivity index (χ2v) is 5.71. The van der Waals surface area contributed by atoms with E-state index in [2.05, 4.69) is 17.1 Å². The van der Waals surface area contributed by atoms with Gasteiger partial charge in [0, 0.05) is 19.1 Å². The largest absolute Gasteiger partial charge is 0.339 e. The molecule has 0 aromatic carbocycles. The van der Waals surface area contributed by atoms with E-state index in [1.807, 2.05) is 14.1 Å². The first-order valence-electron chi connectivity index (χ1n) is 6.95. The lowest BCUT2D eigenvalue weighted by Gasteiger charge is -2.24. The van der Waals surface area contributed by atoms with Crippen LogP contribution in [0.15, 0.2) is 0 Å². The van der Waals surface area contributed by atoms with E-state index in [1.165, 1.54) is 4.90 Å². The van der Waals surface area contributed by atoms with E-state index in [0.29, 0.717) is 18.5 Å². The van der Waals surface area contributed by atoms with Crippen molar-refractivity contribution in [2.45, 2.75) is 19.4 Å². The monoisotopic (exact) mass is 282 g/mol. The molecule has 2 rings (SSSR count). The van der Waals surface area contributed by atoms with Crippen LogP contribution in [-0.2, 0) is 9.59 Å². The minimum atomic E-state index is -0.473. The molecule has 0 unspecified atom stereocenters. The number of carbonyl (C=O) groups excluding carboxylic acids is 3. The molecule has 20 heavy (non-hydrogen) atoms. The van der Waals surface area contributed by atoms with Crippen molar-refractivity contribution in [3.05, 3.63) is 0 Å². The number of likely N-dealkylation sites (tertiary alicyclic amines) is 1.